The molecule has 25 heavy (non-hydrogen) atoms. The molecule has 2 saturated heterocycles. The highest BCUT2D eigenvalue weighted by molar-refractivity contribution is 6.23. The lowest BCUT2D eigenvalue weighted by atomic mass is 9.93. The van der Waals surface area contributed by atoms with E-state index in [2.05, 4.69) is 6.92 Å². The Balaban J connectivity index is 1.68. The molecular formula is C20H20N2O3. The first-order valence-electron chi connectivity index (χ1n) is 8.66. The average molecular weight is 336 g/mol. The Morgan fingerprint density at radius 3 is 2.08 bits per heavy atom. The summed E-state index contributed by atoms with van der Waals surface area (Å²) in [7, 11) is 0. The normalized spacial score (nSPS) is 25.6. The molecule has 0 unspecified atom stereocenters. The Morgan fingerprint density at radius 1 is 0.880 bits per heavy atom. The van der Waals surface area contributed by atoms with Crippen molar-refractivity contribution in [2.45, 2.75) is 31.9 Å². The summed E-state index contributed by atoms with van der Waals surface area (Å²) in [6.45, 7) is 2.08. The zero-order valence-electron chi connectivity index (χ0n) is 14.0. The molecule has 3 atom stereocenters. The topological polar surface area (TPSA) is 49.9 Å². The molecule has 2 aromatic rings. The summed E-state index contributed by atoms with van der Waals surface area (Å²) in [6.07, 6.45) is 0.954. The quantitative estimate of drug-likeness (QED) is 0.805. The highest BCUT2D eigenvalue weighted by Crippen LogP contribution is 2.41. The maximum atomic E-state index is 13.1. The molecule has 0 bridgehead atoms. The molecule has 2 heterocycles. The van der Waals surface area contributed by atoms with Crippen molar-refractivity contribution in [1.82, 2.24) is 0 Å². The van der Waals surface area contributed by atoms with Gasteiger partial charge in [-0.2, -0.15) is 0 Å². The van der Waals surface area contributed by atoms with Gasteiger partial charge in [-0.15, -0.1) is 0 Å². The van der Waals surface area contributed by atoms with E-state index in [0.29, 0.717) is 5.69 Å². The van der Waals surface area contributed by atoms with Gasteiger partial charge in [0.2, 0.25) is 5.91 Å². The Morgan fingerprint density at radius 2 is 1.48 bits per heavy atom. The van der Waals surface area contributed by atoms with Crippen LogP contribution in [-0.2, 0) is 14.4 Å². The molecule has 0 radical (unpaired) electrons. The van der Waals surface area contributed by atoms with Crippen molar-refractivity contribution in [3.8, 4) is 0 Å². The lowest BCUT2D eigenvalue weighted by Crippen LogP contribution is -2.40. The second-order valence-electron chi connectivity index (χ2n) is 6.42. The highest BCUT2D eigenvalue weighted by atomic mass is 16.7. The molecule has 128 valence electrons. The third-order valence-electron chi connectivity index (χ3n) is 4.85. The van der Waals surface area contributed by atoms with Crippen molar-refractivity contribution >= 4 is 23.2 Å². The molecule has 0 saturated carbocycles. The molecule has 5 nitrogen and oxygen atoms in total. The van der Waals surface area contributed by atoms with Crippen molar-refractivity contribution in [2.75, 3.05) is 9.96 Å². The second kappa shape index (κ2) is 6.33. The first-order chi connectivity index (χ1) is 12.2. The fourth-order valence-electron chi connectivity index (χ4n) is 3.74. The van der Waals surface area contributed by atoms with Crippen molar-refractivity contribution in [1.29, 1.82) is 0 Å². The number of carbonyl (C=O) groups excluding carboxylic acids is 2. The minimum absolute atomic E-state index is 0.137. The van der Waals surface area contributed by atoms with Gasteiger partial charge in [0.1, 0.15) is 0 Å². The number of nitrogens with zero attached hydrogens (tertiary/aromatic N) is 2. The molecule has 4 rings (SSSR count). The number of para-hydroxylation sites is 2. The molecule has 2 aliphatic rings. The minimum Gasteiger partial charge on any atom is -0.273 e. The lowest BCUT2D eigenvalue weighted by molar-refractivity contribution is -0.126. The summed E-state index contributed by atoms with van der Waals surface area (Å²) >= 11 is 0. The Bertz CT molecular complexity index is 778. The van der Waals surface area contributed by atoms with E-state index in [1.807, 2.05) is 48.5 Å². The number of imide groups is 1. The van der Waals surface area contributed by atoms with Gasteiger partial charge in [0.25, 0.3) is 5.91 Å². The number of fused-ring (bicyclic) bond motifs is 1. The van der Waals surface area contributed by atoms with Gasteiger partial charge in [-0.1, -0.05) is 49.7 Å². The van der Waals surface area contributed by atoms with Crippen molar-refractivity contribution < 1.29 is 14.4 Å². The predicted octanol–water partition coefficient (Wildman–Crippen LogP) is 3.17. The van der Waals surface area contributed by atoms with Crippen molar-refractivity contribution in [3.05, 3.63) is 60.7 Å². The summed E-state index contributed by atoms with van der Waals surface area (Å²) in [4.78, 5) is 33.2. The van der Waals surface area contributed by atoms with Crippen LogP contribution >= 0.6 is 0 Å². The average Bonchev–Trinajstić information content (AvgIpc) is 3.13. The van der Waals surface area contributed by atoms with Gasteiger partial charge in [-0.05, 0) is 30.7 Å². The van der Waals surface area contributed by atoms with Crippen LogP contribution in [-0.4, -0.2) is 24.0 Å². The summed E-state index contributed by atoms with van der Waals surface area (Å²) in [5.41, 5.74) is 1.49. The predicted molar refractivity (Wildman–Crippen MR) is 94.9 cm³/mol. The number of benzene rings is 2. The molecule has 5 heteroatoms. The fraction of sp³-hybridized carbons (Fsp3) is 0.300. The molecule has 2 aromatic carbocycles. The summed E-state index contributed by atoms with van der Waals surface area (Å²) in [5, 5.41) is 1.76. The van der Waals surface area contributed by atoms with Crippen molar-refractivity contribution in [2.24, 2.45) is 5.92 Å². The summed E-state index contributed by atoms with van der Waals surface area (Å²) < 4.78 is 0. The first kappa shape index (κ1) is 15.8. The summed E-state index contributed by atoms with van der Waals surface area (Å²) in [6, 6.07) is 18.6. The number of hydrogen-bond acceptors (Lipinski definition) is 4. The SMILES string of the molecule is CCC[C@@H]1[C@H]2C(=O)N(c3ccccc3)C(=O)[C@H]2ON1c1ccccc1. The van der Waals surface area contributed by atoms with E-state index in [4.69, 9.17) is 4.84 Å². The van der Waals surface area contributed by atoms with E-state index in [1.54, 1.807) is 17.2 Å². The van der Waals surface area contributed by atoms with Crippen LogP contribution in [0.1, 0.15) is 19.8 Å². The largest absolute Gasteiger partial charge is 0.273 e. The molecule has 2 fully saturated rings. The smallest absolute Gasteiger partial charge is 0.266 e. The van der Waals surface area contributed by atoms with Gasteiger partial charge < -0.3 is 0 Å². The second-order valence-corrected chi connectivity index (χ2v) is 6.42. The van der Waals surface area contributed by atoms with E-state index in [-0.39, 0.29) is 17.9 Å². The minimum atomic E-state index is -0.746. The third kappa shape index (κ3) is 2.51. The van der Waals surface area contributed by atoms with Crippen LogP contribution in [0.2, 0.25) is 0 Å². The molecule has 2 amide bonds. The third-order valence-corrected chi connectivity index (χ3v) is 4.85. The van der Waals surface area contributed by atoms with E-state index >= 15 is 0 Å². The van der Waals surface area contributed by atoms with E-state index in [0.717, 1.165) is 18.5 Å². The first-order valence-corrected chi connectivity index (χ1v) is 8.66. The van der Waals surface area contributed by atoms with Gasteiger partial charge in [-0.25, -0.2) is 9.96 Å². The molecular weight excluding hydrogens is 316 g/mol. The number of anilines is 2. The van der Waals surface area contributed by atoms with Gasteiger partial charge in [0, 0.05) is 0 Å². The fourth-order valence-corrected chi connectivity index (χ4v) is 3.74. The monoisotopic (exact) mass is 336 g/mol. The van der Waals surface area contributed by atoms with Gasteiger partial charge >= 0.3 is 0 Å². The van der Waals surface area contributed by atoms with E-state index < -0.39 is 12.0 Å². The molecule has 0 N–H and O–H groups in total. The number of hydrogen-bond donors (Lipinski definition) is 0. The van der Waals surface area contributed by atoms with Crippen LogP contribution in [0.15, 0.2) is 60.7 Å². The van der Waals surface area contributed by atoms with Gasteiger partial charge in [0.15, 0.2) is 6.10 Å². The van der Waals surface area contributed by atoms with Crippen LogP contribution in [0.3, 0.4) is 0 Å². The molecule has 0 aliphatic carbocycles. The van der Waals surface area contributed by atoms with E-state index in [9.17, 15) is 9.59 Å². The maximum Gasteiger partial charge on any atom is 0.266 e. The number of carbonyl (C=O) groups is 2. The van der Waals surface area contributed by atoms with Crippen LogP contribution in [0, 0.1) is 5.92 Å². The number of rotatable bonds is 4. The van der Waals surface area contributed by atoms with Crippen LogP contribution in [0.5, 0.6) is 0 Å². The maximum absolute atomic E-state index is 13.1. The molecule has 0 spiro atoms. The van der Waals surface area contributed by atoms with Crippen LogP contribution in [0.4, 0.5) is 11.4 Å². The highest BCUT2D eigenvalue weighted by Gasteiger charge is 2.59. The Labute approximate surface area is 146 Å². The van der Waals surface area contributed by atoms with Crippen LogP contribution in [0.25, 0.3) is 0 Å². The van der Waals surface area contributed by atoms with Gasteiger partial charge in [0.05, 0.1) is 23.3 Å². The van der Waals surface area contributed by atoms with Crippen LogP contribution < -0.4 is 9.96 Å². The standard InChI is InChI=1S/C20H20N2O3/c1-2-9-16-17-18(25-22(16)15-12-7-4-8-13-15)20(24)21(19(17)23)14-10-5-3-6-11-14/h3-8,10-13,16-18H,2,9H2,1H3/t16-,17-,18+/m1/s1. The lowest BCUT2D eigenvalue weighted by Gasteiger charge is -2.28. The Kier molecular flexibility index (Phi) is 4.01. The molecule has 2 aliphatic heterocycles. The zero-order valence-corrected chi connectivity index (χ0v) is 14.0. The van der Waals surface area contributed by atoms with Gasteiger partial charge in [-0.3, -0.25) is 14.4 Å². The zero-order chi connectivity index (χ0) is 17.4. The summed E-state index contributed by atoms with van der Waals surface area (Å²) in [5.74, 6) is -0.910. The number of amides is 2. The number of hydroxylamine groups is 1. The van der Waals surface area contributed by atoms with Crippen molar-refractivity contribution in [3.63, 3.8) is 0 Å². The Hall–Kier alpha value is -2.66. The molecule has 0 aromatic heterocycles. The van der Waals surface area contributed by atoms with E-state index in [1.165, 1.54) is 4.90 Å².